The molecule has 0 amide bonds. The van der Waals surface area contributed by atoms with E-state index in [-0.39, 0.29) is 16.7 Å². The topological polar surface area (TPSA) is 55.2 Å². The van der Waals surface area contributed by atoms with Gasteiger partial charge in [-0.1, -0.05) is 49.7 Å². The van der Waals surface area contributed by atoms with E-state index in [1.54, 1.807) is 18.2 Å². The summed E-state index contributed by atoms with van der Waals surface area (Å²) < 4.78 is 0. The molecule has 2 aromatic carbocycles. The number of para-hydroxylation sites is 2. The molecule has 2 aromatic rings. The second kappa shape index (κ2) is 6.88. The zero-order valence-corrected chi connectivity index (χ0v) is 12.4. The van der Waals surface area contributed by atoms with E-state index in [0.717, 1.165) is 18.5 Å². The van der Waals surface area contributed by atoms with Crippen molar-refractivity contribution in [2.75, 3.05) is 5.32 Å². The molecule has 1 atom stereocenters. The van der Waals surface area contributed by atoms with Gasteiger partial charge in [-0.3, -0.25) is 10.1 Å². The molecule has 0 aliphatic rings. The van der Waals surface area contributed by atoms with Crippen LogP contribution in [0.1, 0.15) is 37.4 Å². The second-order valence-electron chi connectivity index (χ2n) is 5.09. The van der Waals surface area contributed by atoms with Crippen LogP contribution in [0.25, 0.3) is 0 Å². The first-order chi connectivity index (χ1) is 10.1. The van der Waals surface area contributed by atoms with Gasteiger partial charge in [-0.25, -0.2) is 0 Å². The fraction of sp³-hybridized carbons (Fsp3) is 0.294. The van der Waals surface area contributed by atoms with E-state index in [1.165, 1.54) is 5.56 Å². The second-order valence-corrected chi connectivity index (χ2v) is 5.09. The predicted molar refractivity (Wildman–Crippen MR) is 85.6 cm³/mol. The highest BCUT2D eigenvalue weighted by Gasteiger charge is 2.18. The Hall–Kier alpha value is -2.36. The van der Waals surface area contributed by atoms with Crippen LogP contribution in [0.5, 0.6) is 0 Å². The molecular weight excluding hydrogens is 264 g/mol. The van der Waals surface area contributed by atoms with Crippen LogP contribution in [0.2, 0.25) is 0 Å². The van der Waals surface area contributed by atoms with Gasteiger partial charge in [0.1, 0.15) is 0 Å². The van der Waals surface area contributed by atoms with Crippen LogP contribution < -0.4 is 5.32 Å². The Morgan fingerprint density at radius 3 is 2.52 bits per heavy atom. The fourth-order valence-electron chi connectivity index (χ4n) is 2.48. The Labute approximate surface area is 125 Å². The van der Waals surface area contributed by atoms with Gasteiger partial charge in [0.2, 0.25) is 0 Å². The van der Waals surface area contributed by atoms with Crippen molar-refractivity contribution < 1.29 is 4.92 Å². The zero-order valence-electron chi connectivity index (χ0n) is 12.4. The number of rotatable bonds is 6. The van der Waals surface area contributed by atoms with Crippen LogP contribution in [0.4, 0.5) is 11.4 Å². The number of benzene rings is 2. The van der Waals surface area contributed by atoms with E-state index in [1.807, 2.05) is 31.2 Å². The molecule has 0 spiro atoms. The van der Waals surface area contributed by atoms with Crippen molar-refractivity contribution >= 4 is 11.4 Å². The van der Waals surface area contributed by atoms with E-state index in [2.05, 4.69) is 18.3 Å². The molecule has 0 saturated heterocycles. The van der Waals surface area contributed by atoms with Gasteiger partial charge < -0.3 is 5.32 Å². The minimum atomic E-state index is -0.328. The van der Waals surface area contributed by atoms with Crippen molar-refractivity contribution in [2.24, 2.45) is 0 Å². The third-order valence-electron chi connectivity index (χ3n) is 3.51. The molecule has 2 rings (SSSR count). The SMILES string of the molecule is CCCc1ccccc1NC(C)c1ccccc1[N+](=O)[O-]. The molecule has 1 N–H and O–H groups in total. The standard InChI is InChI=1S/C17H20N2O2/c1-3-8-14-9-4-6-11-16(14)18-13(2)15-10-5-7-12-17(15)19(20)21/h4-7,9-13,18H,3,8H2,1-2H3. The Morgan fingerprint density at radius 2 is 1.81 bits per heavy atom. The lowest BCUT2D eigenvalue weighted by Crippen LogP contribution is -2.10. The highest BCUT2D eigenvalue weighted by molar-refractivity contribution is 5.54. The van der Waals surface area contributed by atoms with E-state index in [0.29, 0.717) is 5.56 Å². The molecule has 0 aromatic heterocycles. The summed E-state index contributed by atoms with van der Waals surface area (Å²) in [6.45, 7) is 4.09. The maximum Gasteiger partial charge on any atom is 0.274 e. The Morgan fingerprint density at radius 1 is 1.14 bits per heavy atom. The summed E-state index contributed by atoms with van der Waals surface area (Å²) in [5.41, 5.74) is 3.15. The maximum atomic E-state index is 11.1. The molecule has 4 nitrogen and oxygen atoms in total. The number of nitrogens with zero attached hydrogens (tertiary/aromatic N) is 1. The highest BCUT2D eigenvalue weighted by Crippen LogP contribution is 2.28. The third-order valence-corrected chi connectivity index (χ3v) is 3.51. The summed E-state index contributed by atoms with van der Waals surface area (Å²) in [7, 11) is 0. The monoisotopic (exact) mass is 284 g/mol. The van der Waals surface area contributed by atoms with Crippen LogP contribution in [0, 0.1) is 10.1 Å². The molecule has 0 aliphatic heterocycles. The van der Waals surface area contributed by atoms with Crippen molar-refractivity contribution in [3.63, 3.8) is 0 Å². The van der Waals surface area contributed by atoms with E-state index >= 15 is 0 Å². The number of anilines is 1. The van der Waals surface area contributed by atoms with Crippen LogP contribution in [-0.4, -0.2) is 4.92 Å². The van der Waals surface area contributed by atoms with E-state index < -0.39 is 0 Å². The smallest absolute Gasteiger partial charge is 0.274 e. The Kier molecular flexibility index (Phi) is 4.93. The van der Waals surface area contributed by atoms with Crippen molar-refractivity contribution in [3.8, 4) is 0 Å². The largest absolute Gasteiger partial charge is 0.378 e. The van der Waals surface area contributed by atoms with Crippen LogP contribution in [0.3, 0.4) is 0 Å². The molecular formula is C17H20N2O2. The first kappa shape index (κ1) is 15.0. The average molecular weight is 284 g/mol. The molecule has 0 bridgehead atoms. The molecule has 0 aliphatic carbocycles. The van der Waals surface area contributed by atoms with Gasteiger partial charge >= 0.3 is 0 Å². The normalized spacial score (nSPS) is 11.9. The van der Waals surface area contributed by atoms with Crippen LogP contribution in [-0.2, 0) is 6.42 Å². The summed E-state index contributed by atoms with van der Waals surface area (Å²) in [5.74, 6) is 0. The molecule has 21 heavy (non-hydrogen) atoms. The maximum absolute atomic E-state index is 11.1. The summed E-state index contributed by atoms with van der Waals surface area (Å²) in [4.78, 5) is 10.8. The zero-order chi connectivity index (χ0) is 15.2. The summed E-state index contributed by atoms with van der Waals surface area (Å²) in [6, 6.07) is 14.9. The fourth-order valence-corrected chi connectivity index (χ4v) is 2.48. The number of nitrogens with one attached hydrogen (secondary N) is 1. The van der Waals surface area contributed by atoms with E-state index in [9.17, 15) is 10.1 Å². The summed E-state index contributed by atoms with van der Waals surface area (Å²) in [6.07, 6.45) is 2.06. The first-order valence-corrected chi connectivity index (χ1v) is 7.21. The molecule has 110 valence electrons. The molecule has 1 unspecified atom stereocenters. The average Bonchev–Trinajstić information content (AvgIpc) is 2.49. The predicted octanol–water partition coefficient (Wildman–Crippen LogP) is 4.72. The lowest BCUT2D eigenvalue weighted by Gasteiger charge is -2.18. The quantitative estimate of drug-likeness (QED) is 0.616. The molecule has 0 fully saturated rings. The Balaban J connectivity index is 2.26. The molecule has 0 radical (unpaired) electrons. The van der Waals surface area contributed by atoms with Gasteiger partial charge in [0, 0.05) is 11.8 Å². The minimum Gasteiger partial charge on any atom is -0.378 e. The van der Waals surface area contributed by atoms with Crippen LogP contribution in [0.15, 0.2) is 48.5 Å². The number of hydrogen-bond acceptors (Lipinski definition) is 3. The van der Waals surface area contributed by atoms with Crippen molar-refractivity contribution in [1.29, 1.82) is 0 Å². The van der Waals surface area contributed by atoms with Gasteiger partial charge in [0.15, 0.2) is 0 Å². The Bertz CT molecular complexity index is 626. The van der Waals surface area contributed by atoms with E-state index in [4.69, 9.17) is 0 Å². The third kappa shape index (κ3) is 3.60. The van der Waals surface area contributed by atoms with Gasteiger partial charge in [-0.2, -0.15) is 0 Å². The first-order valence-electron chi connectivity index (χ1n) is 7.21. The molecule has 4 heteroatoms. The number of aryl methyl sites for hydroxylation is 1. The van der Waals surface area contributed by atoms with Gasteiger partial charge in [-0.05, 0) is 25.0 Å². The summed E-state index contributed by atoms with van der Waals surface area (Å²) >= 11 is 0. The lowest BCUT2D eigenvalue weighted by atomic mass is 10.0. The minimum absolute atomic E-state index is 0.121. The van der Waals surface area contributed by atoms with Gasteiger partial charge in [0.25, 0.3) is 5.69 Å². The van der Waals surface area contributed by atoms with Crippen molar-refractivity contribution in [3.05, 3.63) is 69.8 Å². The lowest BCUT2D eigenvalue weighted by molar-refractivity contribution is -0.385. The summed E-state index contributed by atoms with van der Waals surface area (Å²) in [5, 5.41) is 14.5. The molecule has 0 saturated carbocycles. The number of nitro groups is 1. The molecule has 0 heterocycles. The van der Waals surface area contributed by atoms with Crippen LogP contribution >= 0.6 is 0 Å². The van der Waals surface area contributed by atoms with Gasteiger partial charge in [-0.15, -0.1) is 0 Å². The number of nitro benzene ring substituents is 1. The number of hydrogen-bond donors (Lipinski definition) is 1. The van der Waals surface area contributed by atoms with Gasteiger partial charge in [0.05, 0.1) is 16.5 Å². The van der Waals surface area contributed by atoms with Crippen molar-refractivity contribution in [2.45, 2.75) is 32.7 Å². The van der Waals surface area contributed by atoms with Crippen molar-refractivity contribution in [1.82, 2.24) is 0 Å². The highest BCUT2D eigenvalue weighted by atomic mass is 16.6.